The zero-order chi connectivity index (χ0) is 22.2. The van der Waals surface area contributed by atoms with Crippen molar-refractivity contribution in [1.82, 2.24) is 19.9 Å². The number of ketones is 1. The molecule has 4 aromatic rings. The molecule has 6 nitrogen and oxygen atoms in total. The molecule has 1 aliphatic rings. The zero-order valence-corrected chi connectivity index (χ0v) is 18.0. The molecule has 3 aromatic heterocycles. The summed E-state index contributed by atoms with van der Waals surface area (Å²) in [6.07, 6.45) is 5.83. The lowest BCUT2D eigenvalue weighted by Crippen LogP contribution is -2.40. The minimum Gasteiger partial charge on any atom is -0.328 e. The Hall–Kier alpha value is -3.82. The molecule has 0 bridgehead atoms. The Morgan fingerprint density at radius 2 is 1.78 bits per heavy atom. The monoisotopic (exact) mass is 421 g/mol. The highest BCUT2D eigenvalue weighted by atomic mass is 16.1. The van der Waals surface area contributed by atoms with Gasteiger partial charge in [-0.05, 0) is 51.1 Å². The highest BCUT2D eigenvalue weighted by Gasteiger charge is 2.31. The van der Waals surface area contributed by atoms with Crippen LogP contribution in [0.5, 0.6) is 0 Å². The number of hydrogen-bond acceptors (Lipinski definition) is 5. The van der Waals surface area contributed by atoms with Crippen molar-refractivity contribution in [3.8, 4) is 28.6 Å². The van der Waals surface area contributed by atoms with Crippen LogP contribution in [0.1, 0.15) is 41.7 Å². The van der Waals surface area contributed by atoms with Crippen LogP contribution in [0.4, 0.5) is 0 Å². The lowest BCUT2D eigenvalue weighted by Gasteiger charge is -2.36. The first-order valence-electron chi connectivity index (χ1n) is 10.7. The third kappa shape index (κ3) is 3.47. The summed E-state index contributed by atoms with van der Waals surface area (Å²) in [6.45, 7) is 1.56. The molecule has 1 saturated carbocycles. The third-order valence-corrected chi connectivity index (χ3v) is 6.36. The van der Waals surface area contributed by atoms with Crippen LogP contribution in [0.3, 0.4) is 0 Å². The van der Waals surface area contributed by atoms with Gasteiger partial charge in [-0.15, -0.1) is 0 Å². The lowest BCUT2D eigenvalue weighted by molar-refractivity contribution is 0.101. The van der Waals surface area contributed by atoms with E-state index in [4.69, 9.17) is 4.98 Å². The number of nitrogens with zero attached hydrogens (tertiary/aromatic N) is 4. The largest absolute Gasteiger partial charge is 0.328 e. The second-order valence-electron chi connectivity index (χ2n) is 8.31. The molecular formula is C26H23N5O. The van der Waals surface area contributed by atoms with Crippen LogP contribution in [0, 0.1) is 11.3 Å². The number of carbonyl (C=O) groups excluding carboxylic acids is 1. The van der Waals surface area contributed by atoms with Gasteiger partial charge in [0, 0.05) is 46.6 Å². The van der Waals surface area contributed by atoms with Gasteiger partial charge in [-0.1, -0.05) is 24.3 Å². The fourth-order valence-corrected chi connectivity index (χ4v) is 4.30. The topological polar surface area (TPSA) is 83.6 Å². The van der Waals surface area contributed by atoms with Crippen LogP contribution < -0.4 is 5.32 Å². The van der Waals surface area contributed by atoms with E-state index in [9.17, 15) is 10.1 Å². The molecule has 0 amide bonds. The summed E-state index contributed by atoms with van der Waals surface area (Å²) < 4.78 is 2.16. The normalized spacial score (nSPS) is 17.7. The van der Waals surface area contributed by atoms with Crippen molar-refractivity contribution in [1.29, 1.82) is 5.26 Å². The van der Waals surface area contributed by atoms with Crippen LogP contribution >= 0.6 is 0 Å². The number of rotatable bonds is 5. The second kappa shape index (κ2) is 8.03. The highest BCUT2D eigenvalue weighted by Crippen LogP contribution is 2.36. The van der Waals surface area contributed by atoms with E-state index in [1.54, 1.807) is 6.92 Å². The maximum atomic E-state index is 11.5. The molecule has 1 N–H and O–H groups in total. The van der Waals surface area contributed by atoms with Crippen LogP contribution in [0.15, 0.2) is 60.9 Å². The maximum absolute atomic E-state index is 11.5. The summed E-state index contributed by atoms with van der Waals surface area (Å²) >= 11 is 0. The molecule has 0 unspecified atom stereocenters. The molecule has 5 rings (SSSR count). The van der Waals surface area contributed by atoms with Gasteiger partial charge in [0.15, 0.2) is 5.78 Å². The minimum atomic E-state index is 0.0500. The Kier molecular flexibility index (Phi) is 5.04. The Labute approximate surface area is 186 Å². The van der Waals surface area contributed by atoms with Crippen molar-refractivity contribution in [3.05, 3.63) is 72.1 Å². The third-order valence-electron chi connectivity index (χ3n) is 6.36. The van der Waals surface area contributed by atoms with E-state index in [0.717, 1.165) is 46.4 Å². The van der Waals surface area contributed by atoms with Gasteiger partial charge in [0.2, 0.25) is 0 Å². The van der Waals surface area contributed by atoms with Crippen LogP contribution in [-0.2, 0) is 0 Å². The average Bonchev–Trinajstić information content (AvgIpc) is 3.16. The maximum Gasteiger partial charge on any atom is 0.159 e. The van der Waals surface area contributed by atoms with E-state index in [1.807, 2.05) is 68.0 Å². The molecule has 158 valence electrons. The minimum absolute atomic E-state index is 0.0500. The molecule has 1 aliphatic carbocycles. The Balaban J connectivity index is 1.47. The molecule has 3 heterocycles. The SMILES string of the molecule is CN[C@H]1C[C@H](n2cc(C#N)c3ccc(-c4ccc(-c5ccc(C(C)=O)cc5)nc4)nc32)C1. The summed E-state index contributed by atoms with van der Waals surface area (Å²) in [6, 6.07) is 18.6. The summed E-state index contributed by atoms with van der Waals surface area (Å²) in [5.74, 6) is 0.0500. The van der Waals surface area contributed by atoms with Gasteiger partial charge >= 0.3 is 0 Å². The van der Waals surface area contributed by atoms with Crippen molar-refractivity contribution in [2.45, 2.75) is 31.8 Å². The first-order valence-corrected chi connectivity index (χ1v) is 10.7. The number of fused-ring (bicyclic) bond motifs is 1. The molecular weight excluding hydrogens is 398 g/mol. The summed E-state index contributed by atoms with van der Waals surface area (Å²) in [7, 11) is 1.99. The van der Waals surface area contributed by atoms with E-state index >= 15 is 0 Å². The fourth-order valence-electron chi connectivity index (χ4n) is 4.30. The quantitative estimate of drug-likeness (QED) is 0.470. The number of pyridine rings is 2. The zero-order valence-electron chi connectivity index (χ0n) is 18.0. The predicted octanol–water partition coefficient (Wildman–Crippen LogP) is 4.76. The van der Waals surface area contributed by atoms with Crippen LogP contribution in [0.25, 0.3) is 33.5 Å². The molecule has 0 spiro atoms. The first-order chi connectivity index (χ1) is 15.6. The van der Waals surface area contributed by atoms with Gasteiger partial charge in [0.05, 0.1) is 17.0 Å². The number of carbonyl (C=O) groups is 1. The molecule has 1 fully saturated rings. The molecule has 0 saturated heterocycles. The van der Waals surface area contributed by atoms with Gasteiger partial charge in [-0.25, -0.2) is 4.98 Å². The van der Waals surface area contributed by atoms with E-state index < -0.39 is 0 Å². The molecule has 6 heteroatoms. The van der Waals surface area contributed by atoms with Gasteiger partial charge in [-0.2, -0.15) is 5.26 Å². The Bertz CT molecular complexity index is 1340. The van der Waals surface area contributed by atoms with Gasteiger partial charge < -0.3 is 9.88 Å². The number of aromatic nitrogens is 3. The number of benzene rings is 1. The summed E-state index contributed by atoms with van der Waals surface area (Å²) in [4.78, 5) is 21.0. The average molecular weight is 422 g/mol. The van der Waals surface area contributed by atoms with Crippen molar-refractivity contribution < 1.29 is 4.79 Å². The number of nitriles is 1. The van der Waals surface area contributed by atoms with Crippen LogP contribution in [0.2, 0.25) is 0 Å². The Morgan fingerprint density at radius 3 is 2.41 bits per heavy atom. The molecule has 1 aromatic carbocycles. The van der Waals surface area contributed by atoms with E-state index in [-0.39, 0.29) is 5.78 Å². The van der Waals surface area contributed by atoms with Crippen molar-refractivity contribution in [2.24, 2.45) is 0 Å². The Morgan fingerprint density at radius 1 is 1.06 bits per heavy atom. The lowest BCUT2D eigenvalue weighted by atomic mass is 9.87. The van der Waals surface area contributed by atoms with Gasteiger partial charge in [0.1, 0.15) is 11.7 Å². The first kappa shape index (κ1) is 20.1. The number of hydrogen-bond donors (Lipinski definition) is 1. The summed E-state index contributed by atoms with van der Waals surface area (Å²) in [5, 5.41) is 13.8. The standard InChI is InChI=1S/C26H23N5O/c1-16(32)17-3-5-18(6-4-17)24-9-7-19(14-29-24)25-10-8-23-20(13-27)15-31(26(23)30-25)22-11-21(12-22)28-2/h3-10,14-15,21-22,28H,11-12H2,1-2H3/t21-,22-. The second-order valence-corrected chi connectivity index (χ2v) is 8.31. The highest BCUT2D eigenvalue weighted by molar-refractivity contribution is 5.94. The summed E-state index contributed by atoms with van der Waals surface area (Å²) in [5.41, 5.74) is 5.75. The molecule has 32 heavy (non-hydrogen) atoms. The molecule has 0 atom stereocenters. The molecule has 0 aliphatic heterocycles. The van der Waals surface area contributed by atoms with E-state index in [1.165, 1.54) is 0 Å². The van der Waals surface area contributed by atoms with Crippen LogP contribution in [-0.4, -0.2) is 33.4 Å². The number of Topliss-reactive ketones (excluding diaryl/α,β-unsaturated/α-hetero) is 1. The van der Waals surface area contributed by atoms with Gasteiger partial charge in [-0.3, -0.25) is 9.78 Å². The molecule has 0 radical (unpaired) electrons. The van der Waals surface area contributed by atoms with Crippen molar-refractivity contribution in [2.75, 3.05) is 7.05 Å². The van der Waals surface area contributed by atoms with Gasteiger partial charge in [0.25, 0.3) is 0 Å². The van der Waals surface area contributed by atoms with E-state index in [0.29, 0.717) is 23.2 Å². The van der Waals surface area contributed by atoms with E-state index in [2.05, 4.69) is 20.9 Å². The fraction of sp³-hybridized carbons (Fsp3) is 0.231. The van der Waals surface area contributed by atoms with Crippen molar-refractivity contribution in [3.63, 3.8) is 0 Å². The van der Waals surface area contributed by atoms with Crippen molar-refractivity contribution >= 4 is 16.8 Å². The number of nitrogens with one attached hydrogen (secondary N) is 1. The predicted molar refractivity (Wildman–Crippen MR) is 124 cm³/mol. The smallest absolute Gasteiger partial charge is 0.159 e.